The number of fused-ring (bicyclic) bond motifs is 1. The van der Waals surface area contributed by atoms with Gasteiger partial charge in [0.25, 0.3) is 0 Å². The molecule has 2 heteroatoms. The molecule has 0 aliphatic carbocycles. The first-order chi connectivity index (χ1) is 9.13. The molecule has 0 aliphatic rings. The fourth-order valence-electron chi connectivity index (χ4n) is 2.27. The largest absolute Gasteiger partial charge is 0.241 e. The number of aryl methyl sites for hydroxylation is 1. The fourth-order valence-corrected chi connectivity index (χ4v) is 2.27. The van der Waals surface area contributed by atoms with Gasteiger partial charge >= 0.3 is 0 Å². The van der Waals surface area contributed by atoms with Crippen molar-refractivity contribution in [1.29, 1.82) is 0 Å². The summed E-state index contributed by atoms with van der Waals surface area (Å²) in [7, 11) is 0. The standard InChI is InChI=1S/C17H18N2/c1-12(2)16-10-18-19(11-16)17-7-6-14-5-4-13(3)8-15(14)9-17/h4-12H,1-3H3. The highest BCUT2D eigenvalue weighted by atomic mass is 15.3. The maximum atomic E-state index is 4.45. The van der Waals surface area contributed by atoms with Gasteiger partial charge in [-0.25, -0.2) is 4.68 Å². The van der Waals surface area contributed by atoms with Gasteiger partial charge in [-0.1, -0.05) is 43.7 Å². The van der Waals surface area contributed by atoms with Crippen LogP contribution in [-0.2, 0) is 0 Å². The van der Waals surface area contributed by atoms with Crippen LogP contribution < -0.4 is 0 Å². The molecule has 2 nitrogen and oxygen atoms in total. The van der Waals surface area contributed by atoms with Gasteiger partial charge < -0.3 is 0 Å². The topological polar surface area (TPSA) is 17.8 Å². The molecule has 0 aliphatic heterocycles. The number of rotatable bonds is 2. The van der Waals surface area contributed by atoms with Gasteiger partial charge in [0.15, 0.2) is 0 Å². The lowest BCUT2D eigenvalue weighted by Crippen LogP contribution is -1.94. The summed E-state index contributed by atoms with van der Waals surface area (Å²) in [5, 5.41) is 6.99. The number of nitrogens with zero attached hydrogens (tertiary/aromatic N) is 2. The Bertz CT molecular complexity index is 723. The van der Waals surface area contributed by atoms with Gasteiger partial charge in [0, 0.05) is 6.20 Å². The average Bonchev–Trinajstić information content (AvgIpc) is 2.87. The molecule has 1 aromatic heterocycles. The number of benzene rings is 2. The van der Waals surface area contributed by atoms with Crippen LogP contribution >= 0.6 is 0 Å². The molecule has 19 heavy (non-hydrogen) atoms. The van der Waals surface area contributed by atoms with Crippen LogP contribution in [0, 0.1) is 6.92 Å². The van der Waals surface area contributed by atoms with E-state index in [1.54, 1.807) is 0 Å². The highest BCUT2D eigenvalue weighted by Crippen LogP contribution is 2.21. The second-order valence-corrected chi connectivity index (χ2v) is 5.41. The molecule has 0 unspecified atom stereocenters. The lowest BCUT2D eigenvalue weighted by Gasteiger charge is -2.05. The Labute approximate surface area is 113 Å². The summed E-state index contributed by atoms with van der Waals surface area (Å²) in [6, 6.07) is 13.0. The smallest absolute Gasteiger partial charge is 0.0652 e. The Hall–Kier alpha value is -2.09. The van der Waals surface area contributed by atoms with Crippen LogP contribution in [0.1, 0.15) is 30.9 Å². The molecule has 0 bridgehead atoms. The maximum Gasteiger partial charge on any atom is 0.0652 e. The van der Waals surface area contributed by atoms with Crippen molar-refractivity contribution >= 4 is 10.8 Å². The highest BCUT2D eigenvalue weighted by Gasteiger charge is 2.05. The van der Waals surface area contributed by atoms with E-state index < -0.39 is 0 Å². The Morgan fingerprint density at radius 2 is 1.79 bits per heavy atom. The van der Waals surface area contributed by atoms with Crippen molar-refractivity contribution in [2.45, 2.75) is 26.7 Å². The molecule has 0 N–H and O–H groups in total. The zero-order chi connectivity index (χ0) is 13.4. The lowest BCUT2D eigenvalue weighted by atomic mass is 10.1. The normalized spacial score (nSPS) is 11.4. The van der Waals surface area contributed by atoms with Gasteiger partial charge in [-0.15, -0.1) is 0 Å². The second kappa shape index (κ2) is 4.54. The summed E-state index contributed by atoms with van der Waals surface area (Å²) in [6.45, 7) is 6.49. The van der Waals surface area contributed by atoms with E-state index >= 15 is 0 Å². The van der Waals surface area contributed by atoms with Crippen molar-refractivity contribution < 1.29 is 0 Å². The molecule has 0 fully saturated rings. The first kappa shape index (κ1) is 12.0. The summed E-state index contributed by atoms with van der Waals surface area (Å²) in [4.78, 5) is 0. The van der Waals surface area contributed by atoms with Gasteiger partial charge in [-0.2, -0.15) is 5.10 Å². The van der Waals surface area contributed by atoms with Crippen molar-refractivity contribution in [3.05, 3.63) is 59.9 Å². The minimum absolute atomic E-state index is 0.511. The molecule has 3 rings (SSSR count). The minimum Gasteiger partial charge on any atom is -0.241 e. The summed E-state index contributed by atoms with van der Waals surface area (Å²) >= 11 is 0. The van der Waals surface area contributed by atoms with Crippen LogP contribution in [0.2, 0.25) is 0 Å². The number of aromatic nitrogens is 2. The molecule has 0 saturated heterocycles. The number of hydrogen-bond acceptors (Lipinski definition) is 1. The molecule has 0 atom stereocenters. The summed E-state index contributed by atoms with van der Waals surface area (Å²) in [5.74, 6) is 0.511. The van der Waals surface area contributed by atoms with Crippen LogP contribution in [0.25, 0.3) is 16.5 Å². The number of hydrogen-bond donors (Lipinski definition) is 0. The van der Waals surface area contributed by atoms with Crippen molar-refractivity contribution in [2.24, 2.45) is 0 Å². The van der Waals surface area contributed by atoms with Gasteiger partial charge in [-0.3, -0.25) is 0 Å². The van der Waals surface area contributed by atoms with E-state index in [1.165, 1.54) is 21.9 Å². The molecule has 96 valence electrons. The van der Waals surface area contributed by atoms with Crippen LogP contribution in [0.5, 0.6) is 0 Å². The van der Waals surface area contributed by atoms with Gasteiger partial charge in [0.2, 0.25) is 0 Å². The third kappa shape index (κ3) is 2.26. The molecule has 0 radical (unpaired) electrons. The van der Waals surface area contributed by atoms with Gasteiger partial charge in [-0.05, 0) is 41.3 Å². The van der Waals surface area contributed by atoms with Gasteiger partial charge in [0.1, 0.15) is 0 Å². The summed E-state index contributed by atoms with van der Waals surface area (Å²) in [5.41, 5.74) is 3.67. The Morgan fingerprint density at radius 3 is 2.53 bits per heavy atom. The molecular weight excluding hydrogens is 232 g/mol. The Balaban J connectivity index is 2.08. The van der Waals surface area contributed by atoms with E-state index in [2.05, 4.69) is 68.5 Å². The SMILES string of the molecule is Cc1ccc2ccc(-n3cc(C(C)C)cn3)cc2c1. The second-order valence-electron chi connectivity index (χ2n) is 5.41. The van der Waals surface area contributed by atoms with Crippen LogP contribution in [-0.4, -0.2) is 9.78 Å². The Kier molecular flexibility index (Phi) is 2.86. The molecule has 3 aromatic rings. The van der Waals surface area contributed by atoms with E-state index in [9.17, 15) is 0 Å². The molecular formula is C17H18N2. The molecule has 0 amide bonds. The quantitative estimate of drug-likeness (QED) is 0.656. The van der Waals surface area contributed by atoms with Crippen molar-refractivity contribution in [2.75, 3.05) is 0 Å². The third-order valence-electron chi connectivity index (χ3n) is 3.51. The van der Waals surface area contributed by atoms with Crippen LogP contribution in [0.15, 0.2) is 48.8 Å². The van der Waals surface area contributed by atoms with E-state index in [-0.39, 0.29) is 0 Å². The fraction of sp³-hybridized carbons (Fsp3) is 0.235. The maximum absolute atomic E-state index is 4.45. The zero-order valence-electron chi connectivity index (χ0n) is 11.6. The van der Waals surface area contributed by atoms with Crippen LogP contribution in [0.4, 0.5) is 0 Å². The van der Waals surface area contributed by atoms with Crippen molar-refractivity contribution in [1.82, 2.24) is 9.78 Å². The van der Waals surface area contributed by atoms with Crippen molar-refractivity contribution in [3.8, 4) is 5.69 Å². The zero-order valence-corrected chi connectivity index (χ0v) is 11.6. The summed E-state index contributed by atoms with van der Waals surface area (Å²) in [6.07, 6.45) is 4.06. The molecule has 2 aromatic carbocycles. The summed E-state index contributed by atoms with van der Waals surface area (Å²) < 4.78 is 1.96. The third-order valence-corrected chi connectivity index (χ3v) is 3.51. The molecule has 1 heterocycles. The molecule has 0 spiro atoms. The lowest BCUT2D eigenvalue weighted by molar-refractivity contribution is 0.858. The monoisotopic (exact) mass is 250 g/mol. The highest BCUT2D eigenvalue weighted by molar-refractivity contribution is 5.85. The molecule has 0 saturated carbocycles. The van der Waals surface area contributed by atoms with E-state index in [0.29, 0.717) is 5.92 Å². The average molecular weight is 250 g/mol. The van der Waals surface area contributed by atoms with Gasteiger partial charge in [0.05, 0.1) is 11.9 Å². The predicted octanol–water partition coefficient (Wildman–Crippen LogP) is 4.46. The predicted molar refractivity (Wildman–Crippen MR) is 79.9 cm³/mol. The van der Waals surface area contributed by atoms with Crippen LogP contribution in [0.3, 0.4) is 0 Å². The van der Waals surface area contributed by atoms with E-state index in [1.807, 2.05) is 10.9 Å². The Morgan fingerprint density at radius 1 is 1.00 bits per heavy atom. The minimum atomic E-state index is 0.511. The van der Waals surface area contributed by atoms with E-state index in [4.69, 9.17) is 0 Å². The first-order valence-electron chi connectivity index (χ1n) is 6.69. The van der Waals surface area contributed by atoms with Crippen molar-refractivity contribution in [3.63, 3.8) is 0 Å². The van der Waals surface area contributed by atoms with E-state index in [0.717, 1.165) is 5.69 Å². The first-order valence-corrected chi connectivity index (χ1v) is 6.69.